The van der Waals surface area contributed by atoms with Crippen LogP contribution in [-0.4, -0.2) is 12.3 Å². The van der Waals surface area contributed by atoms with Gasteiger partial charge in [-0.15, -0.1) is 0 Å². The molecular weight excluding hydrogens is 181 g/mol. The van der Waals surface area contributed by atoms with Crippen LogP contribution in [0, 0.1) is 0 Å². The monoisotopic (exact) mass is 185 g/mol. The summed E-state index contributed by atoms with van der Waals surface area (Å²) < 4.78 is 0. The molecule has 0 amide bonds. The van der Waals surface area contributed by atoms with Crippen LogP contribution in [0.2, 0.25) is 0 Å². The van der Waals surface area contributed by atoms with Gasteiger partial charge in [-0.2, -0.15) is 0 Å². The van der Waals surface area contributed by atoms with Crippen LogP contribution in [0.5, 0.6) is 0 Å². The Kier molecular flexibility index (Phi) is 1.63. The molecule has 2 rings (SSSR count). The molecule has 3 heteroatoms. The lowest BCUT2D eigenvalue weighted by Crippen LogP contribution is -2.07. The Morgan fingerprint density at radius 1 is 1.27 bits per heavy atom. The molecule has 11 heavy (non-hydrogen) atoms. The summed E-state index contributed by atoms with van der Waals surface area (Å²) in [5.74, 6) is 0. The van der Waals surface area contributed by atoms with Gasteiger partial charge < -0.3 is 0 Å². The van der Waals surface area contributed by atoms with E-state index in [1.54, 1.807) is 12.3 Å². The van der Waals surface area contributed by atoms with E-state index in [2.05, 4.69) is 4.99 Å². The van der Waals surface area contributed by atoms with Gasteiger partial charge >= 0.3 is 0 Å². The first-order valence-electron chi connectivity index (χ1n) is 3.25. The second-order valence-corrected chi connectivity index (χ2v) is 3.30. The van der Waals surface area contributed by atoms with Crippen molar-refractivity contribution in [3.8, 4) is 0 Å². The van der Waals surface area contributed by atoms with Gasteiger partial charge in [0.25, 0.3) is 0 Å². The van der Waals surface area contributed by atoms with E-state index in [0.29, 0.717) is 10.1 Å². The van der Waals surface area contributed by atoms with Crippen molar-refractivity contribution >= 4 is 29.4 Å². The van der Waals surface area contributed by atoms with Crippen LogP contribution < -0.4 is 0 Å². The van der Waals surface area contributed by atoms with Crippen molar-refractivity contribution in [2.75, 3.05) is 0 Å². The van der Waals surface area contributed by atoms with E-state index in [1.165, 1.54) is 0 Å². The Labute approximate surface area is 74.7 Å². The SMILES string of the molecule is ClC1=CC2=CC=N[C@@H]2C(Cl)=C1. The number of hydrogen-bond acceptors (Lipinski definition) is 1. The molecule has 56 valence electrons. The molecule has 0 aromatic heterocycles. The zero-order valence-electron chi connectivity index (χ0n) is 5.59. The molecule has 2 aliphatic rings. The maximum absolute atomic E-state index is 5.89. The first kappa shape index (κ1) is 7.14. The van der Waals surface area contributed by atoms with E-state index in [0.717, 1.165) is 5.57 Å². The summed E-state index contributed by atoms with van der Waals surface area (Å²) in [6.07, 6.45) is 7.28. The Morgan fingerprint density at radius 3 is 2.91 bits per heavy atom. The van der Waals surface area contributed by atoms with Crippen molar-refractivity contribution in [3.05, 3.63) is 33.9 Å². The average Bonchev–Trinajstić information content (AvgIpc) is 2.34. The first-order valence-corrected chi connectivity index (χ1v) is 4.00. The molecule has 1 atom stereocenters. The van der Waals surface area contributed by atoms with Gasteiger partial charge in [0.15, 0.2) is 0 Å². The molecule has 0 unspecified atom stereocenters. The van der Waals surface area contributed by atoms with Crippen molar-refractivity contribution in [2.24, 2.45) is 4.99 Å². The fourth-order valence-electron chi connectivity index (χ4n) is 1.16. The van der Waals surface area contributed by atoms with Crippen molar-refractivity contribution < 1.29 is 0 Å². The Bertz CT molecular complexity index is 310. The maximum Gasteiger partial charge on any atom is 0.111 e. The number of rotatable bonds is 0. The first-order chi connectivity index (χ1) is 5.27. The molecule has 0 saturated heterocycles. The van der Waals surface area contributed by atoms with E-state index in [4.69, 9.17) is 23.2 Å². The van der Waals surface area contributed by atoms with Gasteiger partial charge in [-0.05, 0) is 23.8 Å². The van der Waals surface area contributed by atoms with Crippen LogP contribution in [0.1, 0.15) is 0 Å². The summed E-state index contributed by atoms with van der Waals surface area (Å²) in [5.41, 5.74) is 1.07. The van der Waals surface area contributed by atoms with Crippen molar-refractivity contribution in [2.45, 2.75) is 6.04 Å². The minimum atomic E-state index is 0.0131. The molecule has 0 fully saturated rings. The predicted octanol–water partition coefficient (Wildman–Crippen LogP) is 2.62. The Balaban J connectivity index is 2.45. The summed E-state index contributed by atoms with van der Waals surface area (Å²) in [5, 5.41) is 1.36. The van der Waals surface area contributed by atoms with Crippen molar-refractivity contribution in [1.29, 1.82) is 0 Å². The van der Waals surface area contributed by atoms with Gasteiger partial charge in [-0.3, -0.25) is 4.99 Å². The summed E-state index contributed by atoms with van der Waals surface area (Å²) in [4.78, 5) is 4.15. The summed E-state index contributed by atoms with van der Waals surface area (Å²) in [7, 11) is 0. The van der Waals surface area contributed by atoms with Crippen LogP contribution in [0.25, 0.3) is 0 Å². The minimum absolute atomic E-state index is 0.0131. The topological polar surface area (TPSA) is 12.4 Å². The maximum atomic E-state index is 5.89. The van der Waals surface area contributed by atoms with Crippen LogP contribution >= 0.6 is 23.2 Å². The van der Waals surface area contributed by atoms with Crippen LogP contribution in [0.4, 0.5) is 0 Å². The highest BCUT2D eigenvalue weighted by atomic mass is 35.5. The minimum Gasteiger partial charge on any atom is -0.279 e. The highest BCUT2D eigenvalue weighted by molar-refractivity contribution is 6.36. The Morgan fingerprint density at radius 2 is 2.09 bits per heavy atom. The zero-order valence-corrected chi connectivity index (χ0v) is 7.10. The van der Waals surface area contributed by atoms with Gasteiger partial charge in [0.1, 0.15) is 6.04 Å². The van der Waals surface area contributed by atoms with Crippen LogP contribution in [0.15, 0.2) is 38.9 Å². The molecule has 1 nitrogen and oxygen atoms in total. The molecule has 0 aromatic carbocycles. The number of nitrogens with zero attached hydrogens (tertiary/aromatic N) is 1. The van der Waals surface area contributed by atoms with E-state index >= 15 is 0 Å². The smallest absolute Gasteiger partial charge is 0.111 e. The van der Waals surface area contributed by atoms with E-state index in [9.17, 15) is 0 Å². The average molecular weight is 186 g/mol. The molecular formula is C8H5Cl2N. The molecule has 0 aromatic rings. The fourth-order valence-corrected chi connectivity index (χ4v) is 1.76. The number of fused-ring (bicyclic) bond motifs is 1. The highest BCUT2D eigenvalue weighted by Crippen LogP contribution is 2.31. The summed E-state index contributed by atoms with van der Waals surface area (Å²) in [6.45, 7) is 0. The lowest BCUT2D eigenvalue weighted by Gasteiger charge is -2.13. The highest BCUT2D eigenvalue weighted by Gasteiger charge is 2.21. The predicted molar refractivity (Wildman–Crippen MR) is 48.2 cm³/mol. The fraction of sp³-hybridized carbons (Fsp3) is 0.125. The molecule has 0 bridgehead atoms. The molecule has 0 radical (unpaired) electrons. The van der Waals surface area contributed by atoms with E-state index in [-0.39, 0.29) is 6.04 Å². The molecule has 0 spiro atoms. The van der Waals surface area contributed by atoms with E-state index < -0.39 is 0 Å². The van der Waals surface area contributed by atoms with Gasteiger partial charge in [0.05, 0.1) is 0 Å². The van der Waals surface area contributed by atoms with Gasteiger partial charge in [-0.25, -0.2) is 0 Å². The number of hydrogen-bond donors (Lipinski definition) is 0. The van der Waals surface area contributed by atoms with Crippen molar-refractivity contribution in [3.63, 3.8) is 0 Å². The number of aliphatic imine (C=N–C) groups is 1. The van der Waals surface area contributed by atoms with Gasteiger partial charge in [0, 0.05) is 16.3 Å². The lowest BCUT2D eigenvalue weighted by atomic mass is 10.0. The third-order valence-electron chi connectivity index (χ3n) is 1.66. The molecule has 1 aliphatic carbocycles. The van der Waals surface area contributed by atoms with Gasteiger partial charge in [0.2, 0.25) is 0 Å². The molecule has 0 saturated carbocycles. The third-order valence-corrected chi connectivity index (χ3v) is 2.19. The summed E-state index contributed by atoms with van der Waals surface area (Å²) in [6, 6.07) is 0.0131. The standard InChI is InChI=1S/C8H5Cl2N/c9-6-3-5-1-2-11-8(5)7(10)4-6/h1-4,8H/t8-/m0/s1. The number of halogens is 2. The Hall–Kier alpha value is -0.530. The van der Waals surface area contributed by atoms with E-state index in [1.807, 2.05) is 12.2 Å². The molecule has 0 N–H and O–H groups in total. The van der Waals surface area contributed by atoms with Crippen molar-refractivity contribution in [1.82, 2.24) is 0 Å². The molecule has 1 aliphatic heterocycles. The lowest BCUT2D eigenvalue weighted by molar-refractivity contribution is 0.979. The normalized spacial score (nSPS) is 27.5. The van der Waals surface area contributed by atoms with Crippen LogP contribution in [0.3, 0.4) is 0 Å². The summed E-state index contributed by atoms with van der Waals surface area (Å²) >= 11 is 11.7. The van der Waals surface area contributed by atoms with Crippen LogP contribution in [-0.2, 0) is 0 Å². The quantitative estimate of drug-likeness (QED) is 0.551. The molecule has 1 heterocycles. The third kappa shape index (κ3) is 1.15. The second kappa shape index (κ2) is 2.50. The zero-order chi connectivity index (χ0) is 7.84. The second-order valence-electron chi connectivity index (χ2n) is 2.43. The van der Waals surface area contributed by atoms with Gasteiger partial charge in [-0.1, -0.05) is 23.2 Å². The number of allylic oxidation sites excluding steroid dienone is 3. The largest absolute Gasteiger partial charge is 0.279 e.